The van der Waals surface area contributed by atoms with E-state index in [0.717, 1.165) is 41.7 Å². The van der Waals surface area contributed by atoms with E-state index >= 15 is 0 Å². The van der Waals surface area contributed by atoms with Gasteiger partial charge >= 0.3 is 0 Å². The molecule has 1 saturated heterocycles. The monoisotopic (exact) mass is 314 g/mol. The molecule has 0 spiro atoms. The third kappa shape index (κ3) is 3.09. The van der Waals surface area contributed by atoms with Gasteiger partial charge in [-0.25, -0.2) is 9.97 Å². The molecule has 3 heterocycles. The van der Waals surface area contributed by atoms with E-state index in [-0.39, 0.29) is 0 Å². The van der Waals surface area contributed by atoms with Gasteiger partial charge in [-0.05, 0) is 25.5 Å². The minimum Gasteiger partial charge on any atom is -0.352 e. The van der Waals surface area contributed by atoms with Gasteiger partial charge in [0.15, 0.2) is 5.82 Å². The van der Waals surface area contributed by atoms with Crippen molar-refractivity contribution in [2.24, 2.45) is 0 Å². The number of thioether (sulfide) groups is 1. The first-order valence-corrected chi connectivity index (χ1v) is 8.91. The topological polar surface area (TPSA) is 41.9 Å². The maximum absolute atomic E-state index is 4.80. The lowest BCUT2D eigenvalue weighted by Crippen LogP contribution is -2.45. The standard InChI is InChI=1S/C17H22N4S/c1-4-14-11-16(21-9-10-22-13(3)12(21)2)20-17(19-14)15-7-5-6-8-18-15/h5-8,11-13H,4,9-10H2,1-3H3. The Labute approximate surface area is 136 Å². The summed E-state index contributed by atoms with van der Waals surface area (Å²) in [4.78, 5) is 16.3. The van der Waals surface area contributed by atoms with E-state index in [9.17, 15) is 0 Å². The van der Waals surface area contributed by atoms with Crippen molar-refractivity contribution >= 4 is 17.6 Å². The summed E-state index contributed by atoms with van der Waals surface area (Å²) in [5.41, 5.74) is 1.91. The molecular weight excluding hydrogens is 292 g/mol. The fraction of sp³-hybridized carbons (Fsp3) is 0.471. The molecule has 116 valence electrons. The van der Waals surface area contributed by atoms with Gasteiger partial charge in [0.1, 0.15) is 11.5 Å². The number of rotatable bonds is 3. The number of aryl methyl sites for hydroxylation is 1. The second-order valence-electron chi connectivity index (χ2n) is 5.62. The average Bonchev–Trinajstić information content (AvgIpc) is 2.57. The van der Waals surface area contributed by atoms with E-state index in [0.29, 0.717) is 11.3 Å². The van der Waals surface area contributed by atoms with Gasteiger partial charge in [-0.15, -0.1) is 0 Å². The van der Waals surface area contributed by atoms with Crippen LogP contribution in [0.1, 0.15) is 26.5 Å². The fourth-order valence-corrected chi connectivity index (χ4v) is 3.78. The van der Waals surface area contributed by atoms with Gasteiger partial charge in [0.05, 0.1) is 0 Å². The highest BCUT2D eigenvalue weighted by Gasteiger charge is 2.26. The van der Waals surface area contributed by atoms with Crippen molar-refractivity contribution in [2.75, 3.05) is 17.2 Å². The van der Waals surface area contributed by atoms with E-state index in [1.807, 2.05) is 30.0 Å². The predicted octanol–water partition coefficient (Wildman–Crippen LogP) is 3.43. The van der Waals surface area contributed by atoms with E-state index < -0.39 is 0 Å². The van der Waals surface area contributed by atoms with Crippen LogP contribution in [0.3, 0.4) is 0 Å². The largest absolute Gasteiger partial charge is 0.352 e. The summed E-state index contributed by atoms with van der Waals surface area (Å²) in [7, 11) is 0. The fourth-order valence-electron chi connectivity index (χ4n) is 2.68. The quantitative estimate of drug-likeness (QED) is 0.868. The minimum absolute atomic E-state index is 0.481. The lowest BCUT2D eigenvalue weighted by atomic mass is 10.2. The normalized spacial score (nSPS) is 21.9. The van der Waals surface area contributed by atoms with Crippen molar-refractivity contribution in [1.82, 2.24) is 15.0 Å². The molecular formula is C17H22N4S. The number of aromatic nitrogens is 3. The van der Waals surface area contributed by atoms with Crippen LogP contribution in [0.25, 0.3) is 11.5 Å². The summed E-state index contributed by atoms with van der Waals surface area (Å²) in [5, 5.41) is 0.618. The molecule has 1 aliphatic heterocycles. The molecule has 5 heteroatoms. The highest BCUT2D eigenvalue weighted by atomic mass is 32.2. The Hall–Kier alpha value is -1.62. The summed E-state index contributed by atoms with van der Waals surface area (Å²) >= 11 is 2.04. The molecule has 0 aliphatic carbocycles. The number of hydrogen-bond donors (Lipinski definition) is 0. The zero-order valence-corrected chi connectivity index (χ0v) is 14.2. The molecule has 0 radical (unpaired) electrons. The number of anilines is 1. The van der Waals surface area contributed by atoms with Gasteiger partial charge in [-0.1, -0.05) is 19.9 Å². The highest BCUT2D eigenvalue weighted by molar-refractivity contribution is 8.00. The molecule has 0 bridgehead atoms. The third-order valence-corrected chi connectivity index (χ3v) is 5.54. The van der Waals surface area contributed by atoms with Crippen molar-refractivity contribution in [3.63, 3.8) is 0 Å². The van der Waals surface area contributed by atoms with Crippen molar-refractivity contribution < 1.29 is 0 Å². The Balaban J connectivity index is 2.01. The van der Waals surface area contributed by atoms with Crippen LogP contribution >= 0.6 is 11.8 Å². The molecule has 0 saturated carbocycles. The lowest BCUT2D eigenvalue weighted by Gasteiger charge is -2.38. The van der Waals surface area contributed by atoms with Crippen LogP contribution in [-0.2, 0) is 6.42 Å². The van der Waals surface area contributed by atoms with Crippen molar-refractivity contribution in [3.05, 3.63) is 36.2 Å². The Morgan fingerprint density at radius 1 is 1.27 bits per heavy atom. The van der Waals surface area contributed by atoms with Gasteiger partial charge < -0.3 is 4.90 Å². The highest BCUT2D eigenvalue weighted by Crippen LogP contribution is 2.29. The van der Waals surface area contributed by atoms with Gasteiger partial charge in [0.2, 0.25) is 0 Å². The van der Waals surface area contributed by atoms with Crippen LogP contribution in [-0.4, -0.2) is 38.5 Å². The van der Waals surface area contributed by atoms with Crippen molar-refractivity contribution in [3.8, 4) is 11.5 Å². The number of hydrogen-bond acceptors (Lipinski definition) is 5. The summed E-state index contributed by atoms with van der Waals surface area (Å²) in [6, 6.07) is 8.48. The zero-order chi connectivity index (χ0) is 15.5. The molecule has 22 heavy (non-hydrogen) atoms. The first kappa shape index (κ1) is 15.3. The molecule has 1 fully saturated rings. The summed E-state index contributed by atoms with van der Waals surface area (Å²) < 4.78 is 0. The number of pyridine rings is 1. The lowest BCUT2D eigenvalue weighted by molar-refractivity contribution is 0.619. The SMILES string of the molecule is CCc1cc(N2CCSC(C)C2C)nc(-c2ccccn2)n1. The zero-order valence-electron chi connectivity index (χ0n) is 13.4. The molecule has 0 N–H and O–H groups in total. The number of nitrogens with zero attached hydrogens (tertiary/aromatic N) is 4. The molecule has 2 atom stereocenters. The molecule has 0 amide bonds. The van der Waals surface area contributed by atoms with E-state index in [1.165, 1.54) is 0 Å². The summed E-state index contributed by atoms with van der Waals surface area (Å²) in [6.07, 6.45) is 2.70. The van der Waals surface area contributed by atoms with Crippen LogP contribution in [0.15, 0.2) is 30.5 Å². The minimum atomic E-state index is 0.481. The molecule has 3 rings (SSSR count). The predicted molar refractivity (Wildman–Crippen MR) is 93.4 cm³/mol. The van der Waals surface area contributed by atoms with E-state index in [4.69, 9.17) is 4.98 Å². The van der Waals surface area contributed by atoms with Crippen LogP contribution in [0, 0.1) is 0 Å². The molecule has 2 aromatic heterocycles. The molecule has 2 aromatic rings. The van der Waals surface area contributed by atoms with Gasteiger partial charge in [0.25, 0.3) is 0 Å². The summed E-state index contributed by atoms with van der Waals surface area (Å²) in [6.45, 7) is 7.75. The average molecular weight is 314 g/mol. The van der Waals surface area contributed by atoms with Crippen LogP contribution < -0.4 is 4.90 Å². The smallest absolute Gasteiger partial charge is 0.180 e. The molecule has 4 nitrogen and oxygen atoms in total. The van der Waals surface area contributed by atoms with E-state index in [1.54, 1.807) is 6.20 Å². The summed E-state index contributed by atoms with van der Waals surface area (Å²) in [5.74, 6) is 2.91. The third-order valence-electron chi connectivity index (χ3n) is 4.20. The van der Waals surface area contributed by atoms with Gasteiger partial charge in [-0.2, -0.15) is 11.8 Å². The Kier molecular flexibility index (Phi) is 4.62. The molecule has 2 unspecified atom stereocenters. The maximum atomic E-state index is 4.80. The second kappa shape index (κ2) is 6.65. The van der Waals surface area contributed by atoms with Crippen LogP contribution in [0.2, 0.25) is 0 Å². The van der Waals surface area contributed by atoms with Crippen LogP contribution in [0.4, 0.5) is 5.82 Å². The van der Waals surface area contributed by atoms with Crippen molar-refractivity contribution in [1.29, 1.82) is 0 Å². The molecule has 0 aromatic carbocycles. The van der Waals surface area contributed by atoms with Crippen LogP contribution in [0.5, 0.6) is 0 Å². The molecule has 1 aliphatic rings. The van der Waals surface area contributed by atoms with Gasteiger partial charge in [-0.3, -0.25) is 4.98 Å². The Morgan fingerprint density at radius 2 is 2.14 bits per heavy atom. The van der Waals surface area contributed by atoms with Gasteiger partial charge in [0, 0.05) is 41.5 Å². The van der Waals surface area contributed by atoms with Crippen molar-refractivity contribution in [2.45, 2.75) is 38.5 Å². The first-order chi connectivity index (χ1) is 10.7. The van der Waals surface area contributed by atoms with E-state index in [2.05, 4.69) is 41.7 Å². The maximum Gasteiger partial charge on any atom is 0.180 e. The second-order valence-corrected chi connectivity index (χ2v) is 7.10. The Bertz CT molecular complexity index is 632. The Morgan fingerprint density at radius 3 is 2.86 bits per heavy atom. The first-order valence-electron chi connectivity index (χ1n) is 7.86.